The van der Waals surface area contributed by atoms with E-state index < -0.39 is 0 Å². The van der Waals surface area contributed by atoms with Gasteiger partial charge in [-0.05, 0) is 54.9 Å². The van der Waals surface area contributed by atoms with E-state index in [1.165, 1.54) is 5.56 Å². The molecule has 2 N–H and O–H groups in total. The highest BCUT2D eigenvalue weighted by molar-refractivity contribution is 5.92. The monoisotopic (exact) mass is 378 g/mol. The van der Waals surface area contributed by atoms with Crippen LogP contribution < -0.4 is 10.6 Å². The van der Waals surface area contributed by atoms with Gasteiger partial charge >= 0.3 is 0 Å². The van der Waals surface area contributed by atoms with E-state index in [2.05, 4.69) is 36.6 Å². The van der Waals surface area contributed by atoms with Crippen molar-refractivity contribution in [1.29, 1.82) is 0 Å². The molecule has 4 heteroatoms. The molecule has 1 aliphatic carbocycles. The summed E-state index contributed by atoms with van der Waals surface area (Å²) in [6.45, 7) is 4.87. The van der Waals surface area contributed by atoms with Gasteiger partial charge in [0.1, 0.15) is 0 Å². The molecule has 1 fully saturated rings. The van der Waals surface area contributed by atoms with Gasteiger partial charge in [0.05, 0.1) is 0 Å². The molecule has 2 aromatic carbocycles. The lowest BCUT2D eigenvalue weighted by Crippen LogP contribution is -2.35. The lowest BCUT2D eigenvalue weighted by Gasteiger charge is -2.27. The predicted molar refractivity (Wildman–Crippen MR) is 113 cm³/mol. The molecule has 1 aliphatic rings. The molecule has 0 saturated heterocycles. The summed E-state index contributed by atoms with van der Waals surface area (Å²) in [4.78, 5) is 25.0. The minimum Gasteiger partial charge on any atom is -0.352 e. The maximum atomic E-state index is 12.6. The van der Waals surface area contributed by atoms with Crippen molar-refractivity contribution in [2.75, 3.05) is 5.32 Å². The second kappa shape index (κ2) is 9.54. The maximum absolute atomic E-state index is 12.6. The van der Waals surface area contributed by atoms with Crippen molar-refractivity contribution in [3.63, 3.8) is 0 Å². The van der Waals surface area contributed by atoms with E-state index in [-0.39, 0.29) is 23.7 Å². The third-order valence-corrected chi connectivity index (χ3v) is 5.62. The molecule has 0 atom stereocenters. The summed E-state index contributed by atoms with van der Waals surface area (Å²) in [5.41, 5.74) is 3.21. The highest BCUT2D eigenvalue weighted by atomic mass is 16.2. The van der Waals surface area contributed by atoms with Gasteiger partial charge in [-0.15, -0.1) is 0 Å². The Balaban J connectivity index is 1.43. The summed E-state index contributed by atoms with van der Waals surface area (Å²) in [5, 5.41) is 6.06. The molecule has 0 aromatic heterocycles. The topological polar surface area (TPSA) is 58.2 Å². The van der Waals surface area contributed by atoms with Crippen LogP contribution in [0.1, 0.15) is 56.6 Å². The van der Waals surface area contributed by atoms with E-state index in [1.54, 1.807) is 0 Å². The van der Waals surface area contributed by atoms with Crippen molar-refractivity contribution < 1.29 is 9.59 Å². The molecule has 0 aliphatic heterocycles. The number of hydrogen-bond acceptors (Lipinski definition) is 2. The van der Waals surface area contributed by atoms with Gasteiger partial charge in [-0.1, -0.05) is 56.3 Å². The first kappa shape index (κ1) is 20.1. The fraction of sp³-hybridized carbons (Fsp3) is 0.417. The summed E-state index contributed by atoms with van der Waals surface area (Å²) >= 11 is 0. The minimum atomic E-state index is -0.0112. The second-order valence-electron chi connectivity index (χ2n) is 8.02. The Morgan fingerprint density at radius 3 is 2.00 bits per heavy atom. The zero-order chi connectivity index (χ0) is 19.9. The number of hydrogen-bond donors (Lipinski definition) is 2. The first-order chi connectivity index (χ1) is 13.5. The highest BCUT2D eigenvalue weighted by Gasteiger charge is 2.29. The average Bonchev–Trinajstić information content (AvgIpc) is 2.73. The van der Waals surface area contributed by atoms with E-state index in [4.69, 9.17) is 0 Å². The van der Waals surface area contributed by atoms with E-state index in [1.807, 2.05) is 42.5 Å². The molecule has 148 valence electrons. The first-order valence-corrected chi connectivity index (χ1v) is 10.3. The summed E-state index contributed by atoms with van der Waals surface area (Å²) in [7, 11) is 0. The van der Waals surface area contributed by atoms with Crippen LogP contribution in [0, 0.1) is 11.8 Å². The molecule has 2 amide bonds. The van der Waals surface area contributed by atoms with Crippen LogP contribution in [-0.4, -0.2) is 11.8 Å². The molecule has 0 unspecified atom stereocenters. The Labute approximate surface area is 167 Å². The number of nitrogens with one attached hydrogen (secondary N) is 2. The maximum Gasteiger partial charge on any atom is 0.227 e. The molecule has 0 heterocycles. The summed E-state index contributed by atoms with van der Waals surface area (Å²) in [6.07, 6.45) is 3.06. The van der Waals surface area contributed by atoms with Gasteiger partial charge in [-0.3, -0.25) is 9.59 Å². The molecule has 28 heavy (non-hydrogen) atoms. The van der Waals surface area contributed by atoms with Crippen LogP contribution in [-0.2, 0) is 16.1 Å². The number of carbonyl (C=O) groups is 2. The van der Waals surface area contributed by atoms with Gasteiger partial charge in [0.15, 0.2) is 0 Å². The Morgan fingerprint density at radius 2 is 1.43 bits per heavy atom. The van der Waals surface area contributed by atoms with Gasteiger partial charge in [-0.2, -0.15) is 0 Å². The number of benzene rings is 2. The molecule has 0 bridgehead atoms. The van der Waals surface area contributed by atoms with Crippen molar-refractivity contribution in [2.45, 2.75) is 52.0 Å². The van der Waals surface area contributed by atoms with Crippen LogP contribution in [0.5, 0.6) is 0 Å². The van der Waals surface area contributed by atoms with Crippen LogP contribution >= 0.6 is 0 Å². The van der Waals surface area contributed by atoms with Crippen LogP contribution in [0.4, 0.5) is 5.69 Å². The lowest BCUT2D eigenvalue weighted by atomic mass is 9.81. The predicted octanol–water partition coefficient (Wildman–Crippen LogP) is 4.87. The van der Waals surface area contributed by atoms with E-state index in [9.17, 15) is 9.59 Å². The van der Waals surface area contributed by atoms with Crippen LogP contribution in [0.25, 0.3) is 0 Å². The van der Waals surface area contributed by atoms with Crippen molar-refractivity contribution in [3.05, 3.63) is 65.7 Å². The Kier molecular flexibility index (Phi) is 6.85. The van der Waals surface area contributed by atoms with Crippen molar-refractivity contribution in [1.82, 2.24) is 5.32 Å². The van der Waals surface area contributed by atoms with Crippen molar-refractivity contribution in [2.24, 2.45) is 11.8 Å². The normalized spacial score (nSPS) is 19.2. The largest absolute Gasteiger partial charge is 0.352 e. The van der Waals surface area contributed by atoms with Gasteiger partial charge in [0.25, 0.3) is 0 Å². The van der Waals surface area contributed by atoms with Crippen LogP contribution in [0.2, 0.25) is 0 Å². The van der Waals surface area contributed by atoms with Gasteiger partial charge in [0.2, 0.25) is 11.8 Å². The van der Waals surface area contributed by atoms with Gasteiger partial charge < -0.3 is 10.6 Å². The molecular weight excluding hydrogens is 348 g/mol. The second-order valence-corrected chi connectivity index (χ2v) is 8.02. The first-order valence-electron chi connectivity index (χ1n) is 10.3. The number of carbonyl (C=O) groups excluding carboxylic acids is 2. The van der Waals surface area contributed by atoms with E-state index >= 15 is 0 Å². The Hall–Kier alpha value is -2.62. The van der Waals surface area contributed by atoms with Gasteiger partial charge in [-0.25, -0.2) is 0 Å². The third-order valence-electron chi connectivity index (χ3n) is 5.62. The highest BCUT2D eigenvalue weighted by Crippen LogP contribution is 2.30. The number of amides is 2. The molecule has 0 spiro atoms. The molecule has 0 radical (unpaired) electrons. The molecule has 1 saturated carbocycles. The average molecular weight is 379 g/mol. The molecule has 4 nitrogen and oxygen atoms in total. The Morgan fingerprint density at radius 1 is 0.857 bits per heavy atom. The minimum absolute atomic E-state index is 0.0112. The summed E-state index contributed by atoms with van der Waals surface area (Å²) < 4.78 is 0. The Bertz CT molecular complexity index is 776. The molecule has 2 aromatic rings. The fourth-order valence-electron chi connectivity index (χ4n) is 3.74. The lowest BCUT2D eigenvalue weighted by molar-refractivity contribution is -0.128. The number of rotatable bonds is 6. The SMILES string of the molecule is CC(C)c1ccc(NC(=O)C2CCC(C(=O)NCc3ccccc3)CC2)cc1. The number of anilines is 1. The van der Waals surface area contributed by atoms with Crippen molar-refractivity contribution >= 4 is 17.5 Å². The van der Waals surface area contributed by atoms with Crippen molar-refractivity contribution in [3.8, 4) is 0 Å². The van der Waals surface area contributed by atoms with Crippen LogP contribution in [0.15, 0.2) is 54.6 Å². The van der Waals surface area contributed by atoms with E-state index in [0.717, 1.165) is 36.9 Å². The van der Waals surface area contributed by atoms with Crippen LogP contribution in [0.3, 0.4) is 0 Å². The molecule has 3 rings (SSSR count). The summed E-state index contributed by atoms with van der Waals surface area (Å²) in [6, 6.07) is 18.0. The smallest absolute Gasteiger partial charge is 0.227 e. The fourth-order valence-corrected chi connectivity index (χ4v) is 3.74. The zero-order valence-corrected chi connectivity index (χ0v) is 16.8. The summed E-state index contributed by atoms with van der Waals surface area (Å²) in [5.74, 6) is 0.654. The zero-order valence-electron chi connectivity index (χ0n) is 16.8. The van der Waals surface area contributed by atoms with E-state index in [0.29, 0.717) is 12.5 Å². The third kappa shape index (κ3) is 5.44. The standard InChI is InChI=1S/C24H30N2O2/c1-17(2)19-12-14-22(15-13-19)26-24(28)21-10-8-20(9-11-21)23(27)25-16-18-6-4-3-5-7-18/h3-7,12-15,17,20-21H,8-11,16H2,1-2H3,(H,25,27)(H,26,28). The van der Waals surface area contributed by atoms with Gasteiger partial charge in [0, 0.05) is 24.1 Å². The quantitative estimate of drug-likeness (QED) is 0.753. The molecular formula is C24H30N2O2.